The minimum Gasteiger partial charge on any atom is -0.497 e. The number of carbonyl (C=O) groups excluding carboxylic acids is 1. The van der Waals surface area contributed by atoms with E-state index in [4.69, 9.17) is 10.5 Å². The van der Waals surface area contributed by atoms with E-state index in [9.17, 15) is 4.79 Å². The Morgan fingerprint density at radius 3 is 3.06 bits per heavy atom. The van der Waals surface area contributed by atoms with E-state index in [1.165, 1.54) is 0 Å². The van der Waals surface area contributed by atoms with Gasteiger partial charge in [-0.1, -0.05) is 12.5 Å². The van der Waals surface area contributed by atoms with Gasteiger partial charge in [-0.15, -0.1) is 0 Å². The first-order valence-corrected chi connectivity index (χ1v) is 6.39. The third kappa shape index (κ3) is 2.82. The molecule has 2 atom stereocenters. The average molecular weight is 248 g/mol. The van der Waals surface area contributed by atoms with Crippen molar-refractivity contribution in [1.29, 1.82) is 0 Å². The fourth-order valence-electron chi connectivity index (χ4n) is 2.60. The van der Waals surface area contributed by atoms with Gasteiger partial charge in [-0.2, -0.15) is 0 Å². The molecule has 0 radical (unpaired) electrons. The fourth-order valence-corrected chi connectivity index (χ4v) is 2.60. The molecule has 0 aliphatic heterocycles. The van der Waals surface area contributed by atoms with E-state index in [1.54, 1.807) is 7.11 Å². The van der Waals surface area contributed by atoms with Gasteiger partial charge in [0.25, 0.3) is 0 Å². The lowest BCUT2D eigenvalue weighted by atomic mass is 9.95. The molecule has 1 aromatic carbocycles. The van der Waals surface area contributed by atoms with Crippen LogP contribution < -0.4 is 15.8 Å². The van der Waals surface area contributed by atoms with Crippen molar-refractivity contribution >= 4 is 11.6 Å². The van der Waals surface area contributed by atoms with E-state index in [-0.39, 0.29) is 11.8 Å². The lowest BCUT2D eigenvalue weighted by Gasteiger charge is -2.17. The molecule has 3 N–H and O–H groups in total. The van der Waals surface area contributed by atoms with Gasteiger partial charge in [-0.05, 0) is 37.4 Å². The number of anilines is 1. The van der Waals surface area contributed by atoms with Crippen LogP contribution in [0, 0.1) is 11.8 Å². The highest BCUT2D eigenvalue weighted by molar-refractivity contribution is 5.93. The zero-order valence-corrected chi connectivity index (χ0v) is 10.7. The van der Waals surface area contributed by atoms with Crippen molar-refractivity contribution in [2.45, 2.75) is 19.3 Å². The third-order valence-corrected chi connectivity index (χ3v) is 3.64. The van der Waals surface area contributed by atoms with E-state index < -0.39 is 0 Å². The summed E-state index contributed by atoms with van der Waals surface area (Å²) in [7, 11) is 1.61. The summed E-state index contributed by atoms with van der Waals surface area (Å²) in [5.41, 5.74) is 6.48. The fraction of sp³-hybridized carbons (Fsp3) is 0.500. The lowest BCUT2D eigenvalue weighted by molar-refractivity contribution is -0.120. The van der Waals surface area contributed by atoms with Crippen LogP contribution in [0.2, 0.25) is 0 Å². The number of ether oxygens (including phenoxy) is 1. The Kier molecular flexibility index (Phi) is 4.20. The number of amides is 1. The molecule has 4 nitrogen and oxygen atoms in total. The maximum atomic E-state index is 12.2. The van der Waals surface area contributed by atoms with Gasteiger partial charge in [0.15, 0.2) is 0 Å². The highest BCUT2D eigenvalue weighted by Crippen LogP contribution is 2.32. The maximum absolute atomic E-state index is 12.2. The molecule has 0 saturated heterocycles. The number of nitrogens with one attached hydrogen (secondary N) is 1. The molecule has 1 aromatic rings. The minimum absolute atomic E-state index is 0.0567. The van der Waals surface area contributed by atoms with Crippen LogP contribution in [0.15, 0.2) is 24.3 Å². The average Bonchev–Trinajstić information content (AvgIpc) is 2.87. The van der Waals surface area contributed by atoms with Gasteiger partial charge in [-0.3, -0.25) is 4.79 Å². The highest BCUT2D eigenvalue weighted by Gasteiger charge is 2.31. The number of rotatable bonds is 4. The van der Waals surface area contributed by atoms with Crippen LogP contribution in [0.5, 0.6) is 5.75 Å². The zero-order valence-electron chi connectivity index (χ0n) is 10.7. The summed E-state index contributed by atoms with van der Waals surface area (Å²) < 4.78 is 5.13. The molecular weight excluding hydrogens is 228 g/mol. The van der Waals surface area contributed by atoms with Gasteiger partial charge in [0, 0.05) is 17.7 Å². The molecule has 1 fully saturated rings. The lowest BCUT2D eigenvalue weighted by Crippen LogP contribution is -2.29. The van der Waals surface area contributed by atoms with Crippen molar-refractivity contribution in [3.63, 3.8) is 0 Å². The van der Waals surface area contributed by atoms with Crippen LogP contribution in [0.4, 0.5) is 5.69 Å². The Labute approximate surface area is 108 Å². The summed E-state index contributed by atoms with van der Waals surface area (Å²) in [4.78, 5) is 12.2. The molecule has 98 valence electrons. The quantitative estimate of drug-likeness (QED) is 0.856. The number of hydrogen-bond acceptors (Lipinski definition) is 3. The van der Waals surface area contributed by atoms with Gasteiger partial charge < -0.3 is 15.8 Å². The van der Waals surface area contributed by atoms with Gasteiger partial charge in [-0.25, -0.2) is 0 Å². The molecule has 1 aliphatic carbocycles. The number of methoxy groups -OCH3 is 1. The molecule has 0 aromatic heterocycles. The van der Waals surface area contributed by atoms with Crippen LogP contribution in [0.25, 0.3) is 0 Å². The number of hydrogen-bond donors (Lipinski definition) is 2. The molecule has 1 saturated carbocycles. The Bertz CT molecular complexity index is 420. The third-order valence-electron chi connectivity index (χ3n) is 3.64. The largest absolute Gasteiger partial charge is 0.497 e. The second-order valence-electron chi connectivity index (χ2n) is 4.75. The number of carbonyl (C=O) groups is 1. The molecule has 18 heavy (non-hydrogen) atoms. The van der Waals surface area contributed by atoms with Crippen LogP contribution in [-0.4, -0.2) is 19.6 Å². The Balaban J connectivity index is 2.02. The Morgan fingerprint density at radius 1 is 1.50 bits per heavy atom. The first kappa shape index (κ1) is 12.9. The normalized spacial score (nSPS) is 22.8. The van der Waals surface area contributed by atoms with Crippen molar-refractivity contribution < 1.29 is 9.53 Å². The predicted molar refractivity (Wildman–Crippen MR) is 71.5 cm³/mol. The van der Waals surface area contributed by atoms with Gasteiger partial charge >= 0.3 is 0 Å². The highest BCUT2D eigenvalue weighted by atomic mass is 16.5. The Hall–Kier alpha value is -1.55. The second-order valence-corrected chi connectivity index (χ2v) is 4.75. The molecular formula is C14H20N2O2. The summed E-state index contributed by atoms with van der Waals surface area (Å²) >= 11 is 0. The molecule has 2 rings (SSSR count). The minimum atomic E-state index is 0.0567. The van der Waals surface area contributed by atoms with Crippen LogP contribution in [-0.2, 0) is 4.79 Å². The monoisotopic (exact) mass is 248 g/mol. The van der Waals surface area contributed by atoms with E-state index in [1.807, 2.05) is 24.3 Å². The first-order chi connectivity index (χ1) is 8.74. The summed E-state index contributed by atoms with van der Waals surface area (Å²) in [6, 6.07) is 7.41. The van der Waals surface area contributed by atoms with Crippen molar-refractivity contribution in [2.24, 2.45) is 17.6 Å². The van der Waals surface area contributed by atoms with Gasteiger partial charge in [0.2, 0.25) is 5.91 Å². The van der Waals surface area contributed by atoms with E-state index in [0.717, 1.165) is 30.7 Å². The summed E-state index contributed by atoms with van der Waals surface area (Å²) in [5.74, 6) is 1.21. The molecule has 0 spiro atoms. The van der Waals surface area contributed by atoms with Crippen molar-refractivity contribution in [3.05, 3.63) is 24.3 Å². The van der Waals surface area contributed by atoms with E-state index >= 15 is 0 Å². The molecule has 0 unspecified atom stereocenters. The SMILES string of the molecule is COc1cccc(NC(=O)[C@@H]2CCC[C@@H]2CN)c1. The van der Waals surface area contributed by atoms with Gasteiger partial charge in [0.1, 0.15) is 5.75 Å². The second kappa shape index (κ2) is 5.87. The van der Waals surface area contributed by atoms with Crippen LogP contribution in [0.3, 0.4) is 0 Å². The zero-order chi connectivity index (χ0) is 13.0. The number of benzene rings is 1. The van der Waals surface area contributed by atoms with Gasteiger partial charge in [0.05, 0.1) is 7.11 Å². The smallest absolute Gasteiger partial charge is 0.227 e. The van der Waals surface area contributed by atoms with Crippen LogP contribution in [0.1, 0.15) is 19.3 Å². The molecule has 1 amide bonds. The van der Waals surface area contributed by atoms with Crippen molar-refractivity contribution in [2.75, 3.05) is 19.0 Å². The topological polar surface area (TPSA) is 64.3 Å². The van der Waals surface area contributed by atoms with E-state index in [2.05, 4.69) is 5.32 Å². The summed E-state index contributed by atoms with van der Waals surface area (Å²) in [6.45, 7) is 0.593. The summed E-state index contributed by atoms with van der Waals surface area (Å²) in [6.07, 6.45) is 3.10. The first-order valence-electron chi connectivity index (χ1n) is 6.39. The molecule has 4 heteroatoms. The predicted octanol–water partition coefficient (Wildman–Crippen LogP) is 2.01. The number of nitrogens with two attached hydrogens (primary N) is 1. The maximum Gasteiger partial charge on any atom is 0.227 e. The van der Waals surface area contributed by atoms with Crippen molar-refractivity contribution in [3.8, 4) is 5.75 Å². The summed E-state index contributed by atoms with van der Waals surface area (Å²) in [5, 5.41) is 2.95. The van der Waals surface area contributed by atoms with Crippen LogP contribution >= 0.6 is 0 Å². The molecule has 0 heterocycles. The molecule has 0 bridgehead atoms. The standard InChI is InChI=1S/C14H20N2O2/c1-18-12-6-3-5-11(8-12)16-14(17)13-7-2-4-10(13)9-15/h3,5-6,8,10,13H,2,4,7,9,15H2,1H3,(H,16,17)/t10-,13-/m1/s1. The van der Waals surface area contributed by atoms with E-state index in [0.29, 0.717) is 12.5 Å². The molecule has 1 aliphatic rings. The Morgan fingerprint density at radius 2 is 2.33 bits per heavy atom. The van der Waals surface area contributed by atoms with Crippen molar-refractivity contribution in [1.82, 2.24) is 0 Å².